The first-order valence-electron chi connectivity index (χ1n) is 9.80. The molecule has 0 amide bonds. The highest BCUT2D eigenvalue weighted by atomic mass is 32.2. The Morgan fingerprint density at radius 1 is 0.824 bits per heavy atom. The maximum absolute atomic E-state index is 12.4. The fourth-order valence-corrected chi connectivity index (χ4v) is 3.84. The lowest BCUT2D eigenvalue weighted by Gasteiger charge is -2.10. The number of alkyl halides is 3. The van der Waals surface area contributed by atoms with Crippen molar-refractivity contribution in [3.63, 3.8) is 0 Å². The third kappa shape index (κ3) is 6.90. The van der Waals surface area contributed by atoms with Gasteiger partial charge in [0, 0.05) is 22.5 Å². The minimum Gasteiger partial charge on any atom is -0.406 e. The molecule has 0 unspecified atom stereocenters. The van der Waals surface area contributed by atoms with E-state index < -0.39 is 34.5 Å². The van der Waals surface area contributed by atoms with Gasteiger partial charge in [0.25, 0.3) is 0 Å². The zero-order valence-corrected chi connectivity index (χ0v) is 18.5. The summed E-state index contributed by atoms with van der Waals surface area (Å²) in [6.07, 6.45) is -4.89. The first-order valence-corrected chi connectivity index (χ1v) is 11.3. The standard InChI is InChI=1S/C23H19F3N2O5S/c1-15(29)16-2-6-18(7-3-16)28-19-8-4-17(5-9-19)22(30)14-27-34(31,32)21-12-10-20(11-13-21)33-23(24,25)26/h2-13,27-28H,14H2,1H3. The molecule has 0 aliphatic heterocycles. The van der Waals surface area contributed by atoms with Crippen LogP contribution in [-0.2, 0) is 10.0 Å². The van der Waals surface area contributed by atoms with Crippen molar-refractivity contribution in [3.8, 4) is 5.75 Å². The zero-order chi connectivity index (χ0) is 24.9. The highest BCUT2D eigenvalue weighted by molar-refractivity contribution is 7.89. The van der Waals surface area contributed by atoms with Crippen LogP contribution in [0.25, 0.3) is 0 Å². The Balaban J connectivity index is 1.58. The number of ether oxygens (including phenoxy) is 1. The van der Waals surface area contributed by atoms with E-state index in [0.29, 0.717) is 11.3 Å². The van der Waals surface area contributed by atoms with Gasteiger partial charge in [-0.25, -0.2) is 13.1 Å². The van der Waals surface area contributed by atoms with Gasteiger partial charge in [0.1, 0.15) is 5.75 Å². The molecule has 0 fully saturated rings. The number of hydrogen-bond acceptors (Lipinski definition) is 6. The summed E-state index contributed by atoms with van der Waals surface area (Å²) in [6, 6.07) is 16.8. The highest BCUT2D eigenvalue weighted by Gasteiger charge is 2.31. The summed E-state index contributed by atoms with van der Waals surface area (Å²) in [5.41, 5.74) is 2.26. The predicted molar refractivity (Wildman–Crippen MR) is 119 cm³/mol. The smallest absolute Gasteiger partial charge is 0.406 e. The fourth-order valence-electron chi connectivity index (χ4n) is 2.86. The number of carbonyl (C=O) groups is 2. The molecule has 0 radical (unpaired) electrons. The number of sulfonamides is 1. The summed E-state index contributed by atoms with van der Waals surface area (Å²) >= 11 is 0. The van der Waals surface area contributed by atoms with Gasteiger partial charge < -0.3 is 10.1 Å². The zero-order valence-electron chi connectivity index (χ0n) is 17.7. The average molecular weight is 492 g/mol. The Morgan fingerprint density at radius 3 is 1.79 bits per heavy atom. The Kier molecular flexibility index (Phi) is 7.38. The van der Waals surface area contributed by atoms with Crippen LogP contribution in [0.2, 0.25) is 0 Å². The molecule has 0 aromatic heterocycles. The molecule has 11 heteroatoms. The summed E-state index contributed by atoms with van der Waals surface area (Å²) in [5.74, 6) is -1.11. The molecule has 0 saturated heterocycles. The minimum absolute atomic E-state index is 0.0440. The topological polar surface area (TPSA) is 102 Å². The molecule has 34 heavy (non-hydrogen) atoms. The second-order valence-corrected chi connectivity index (χ2v) is 8.87. The van der Waals surface area contributed by atoms with E-state index in [2.05, 4.69) is 14.8 Å². The lowest BCUT2D eigenvalue weighted by Crippen LogP contribution is -2.29. The molecule has 0 bridgehead atoms. The number of rotatable bonds is 9. The number of halogens is 3. The third-order valence-electron chi connectivity index (χ3n) is 4.58. The van der Waals surface area contributed by atoms with Gasteiger partial charge in [-0.3, -0.25) is 9.59 Å². The minimum atomic E-state index is -4.89. The van der Waals surface area contributed by atoms with Crippen molar-refractivity contribution < 1.29 is 35.9 Å². The summed E-state index contributed by atoms with van der Waals surface area (Å²) < 4.78 is 67.1. The van der Waals surface area contributed by atoms with Crippen LogP contribution in [0.15, 0.2) is 77.7 Å². The summed E-state index contributed by atoms with van der Waals surface area (Å²) in [5, 5.41) is 3.12. The SMILES string of the molecule is CC(=O)c1ccc(Nc2ccc(C(=O)CNS(=O)(=O)c3ccc(OC(F)(F)F)cc3)cc2)cc1. The molecular weight excluding hydrogens is 473 g/mol. The number of hydrogen-bond donors (Lipinski definition) is 2. The molecule has 2 N–H and O–H groups in total. The molecule has 0 spiro atoms. The summed E-state index contributed by atoms with van der Waals surface area (Å²) in [7, 11) is -4.13. The van der Waals surface area contributed by atoms with E-state index in [0.717, 1.165) is 30.0 Å². The van der Waals surface area contributed by atoms with Gasteiger partial charge in [0.05, 0.1) is 11.4 Å². The molecule has 3 rings (SSSR count). The maximum Gasteiger partial charge on any atom is 0.573 e. The number of Topliss-reactive ketones (excluding diaryl/α,β-unsaturated/α-hetero) is 2. The van der Waals surface area contributed by atoms with Crippen LogP contribution < -0.4 is 14.8 Å². The van der Waals surface area contributed by atoms with Gasteiger partial charge >= 0.3 is 6.36 Å². The van der Waals surface area contributed by atoms with Crippen LogP contribution >= 0.6 is 0 Å². The van der Waals surface area contributed by atoms with Gasteiger partial charge in [-0.05, 0) is 79.7 Å². The van der Waals surface area contributed by atoms with Crippen molar-refractivity contribution in [1.29, 1.82) is 0 Å². The third-order valence-corrected chi connectivity index (χ3v) is 5.99. The number of nitrogens with one attached hydrogen (secondary N) is 2. The van der Waals surface area contributed by atoms with Crippen molar-refractivity contribution in [2.75, 3.05) is 11.9 Å². The summed E-state index contributed by atoms with van der Waals surface area (Å²) in [6.45, 7) is 0.934. The Labute approximate surface area is 193 Å². The van der Waals surface area contributed by atoms with Crippen molar-refractivity contribution in [3.05, 3.63) is 83.9 Å². The highest BCUT2D eigenvalue weighted by Crippen LogP contribution is 2.24. The largest absolute Gasteiger partial charge is 0.573 e. The normalized spacial score (nSPS) is 11.6. The van der Waals surface area contributed by atoms with Crippen LogP contribution in [0.4, 0.5) is 24.5 Å². The maximum atomic E-state index is 12.4. The van der Waals surface area contributed by atoms with Crippen LogP contribution in [0.1, 0.15) is 27.6 Å². The van der Waals surface area contributed by atoms with Crippen molar-refractivity contribution in [1.82, 2.24) is 4.72 Å². The molecule has 0 saturated carbocycles. The van der Waals surface area contributed by atoms with Gasteiger partial charge in [0.15, 0.2) is 11.6 Å². The quantitative estimate of drug-likeness (QED) is 0.420. The van der Waals surface area contributed by atoms with E-state index in [1.54, 1.807) is 36.4 Å². The molecule has 0 aliphatic carbocycles. The monoisotopic (exact) mass is 492 g/mol. The molecule has 178 valence electrons. The van der Waals surface area contributed by atoms with Gasteiger partial charge in [0.2, 0.25) is 10.0 Å². The number of ketones is 2. The molecule has 0 atom stereocenters. The second kappa shape index (κ2) is 10.1. The van der Waals surface area contributed by atoms with Crippen molar-refractivity contribution >= 4 is 33.0 Å². The van der Waals surface area contributed by atoms with E-state index in [4.69, 9.17) is 0 Å². The van der Waals surface area contributed by atoms with E-state index in [1.807, 2.05) is 0 Å². The first kappa shape index (κ1) is 24.9. The molecule has 7 nitrogen and oxygen atoms in total. The fraction of sp³-hybridized carbons (Fsp3) is 0.130. The summed E-state index contributed by atoms with van der Waals surface area (Å²) in [4.78, 5) is 23.4. The van der Waals surface area contributed by atoms with E-state index in [1.165, 1.54) is 19.1 Å². The Morgan fingerprint density at radius 2 is 1.32 bits per heavy atom. The molecule has 0 heterocycles. The van der Waals surface area contributed by atoms with Crippen LogP contribution in [0.5, 0.6) is 5.75 Å². The second-order valence-electron chi connectivity index (χ2n) is 7.10. The number of carbonyl (C=O) groups excluding carboxylic acids is 2. The van der Waals surface area contributed by atoms with Crippen LogP contribution in [0, 0.1) is 0 Å². The molecule has 3 aromatic carbocycles. The van der Waals surface area contributed by atoms with E-state index >= 15 is 0 Å². The Bertz CT molecular complexity index is 1270. The number of benzene rings is 3. The molecular formula is C23H19F3N2O5S. The lowest BCUT2D eigenvalue weighted by atomic mass is 10.1. The number of anilines is 2. The van der Waals surface area contributed by atoms with E-state index in [9.17, 15) is 31.2 Å². The molecule has 3 aromatic rings. The predicted octanol–water partition coefficient (Wildman–Crippen LogP) is 4.69. The van der Waals surface area contributed by atoms with Gasteiger partial charge in [-0.2, -0.15) is 0 Å². The van der Waals surface area contributed by atoms with Crippen molar-refractivity contribution in [2.45, 2.75) is 18.2 Å². The Hall–Kier alpha value is -3.70. The average Bonchev–Trinajstić information content (AvgIpc) is 2.78. The van der Waals surface area contributed by atoms with Crippen molar-refractivity contribution in [2.24, 2.45) is 0 Å². The molecule has 0 aliphatic rings. The van der Waals surface area contributed by atoms with E-state index in [-0.39, 0.29) is 16.2 Å². The lowest BCUT2D eigenvalue weighted by molar-refractivity contribution is -0.274. The first-order chi connectivity index (χ1) is 15.9. The van der Waals surface area contributed by atoms with Gasteiger partial charge in [-0.15, -0.1) is 13.2 Å². The van der Waals surface area contributed by atoms with Crippen LogP contribution in [0.3, 0.4) is 0 Å². The van der Waals surface area contributed by atoms with Gasteiger partial charge in [-0.1, -0.05) is 0 Å². The van der Waals surface area contributed by atoms with Crippen LogP contribution in [-0.4, -0.2) is 32.9 Å².